The van der Waals surface area contributed by atoms with Crippen molar-refractivity contribution in [2.24, 2.45) is 5.92 Å². The lowest BCUT2D eigenvalue weighted by molar-refractivity contribution is -0.137. The first kappa shape index (κ1) is 13.1. The third-order valence-corrected chi connectivity index (χ3v) is 3.69. The van der Waals surface area contributed by atoms with Crippen molar-refractivity contribution >= 4 is 5.97 Å². The number of rotatable bonds is 0. The number of hydrogen-bond acceptors (Lipinski definition) is 3. The fourth-order valence-electron chi connectivity index (χ4n) is 2.65. The van der Waals surface area contributed by atoms with Gasteiger partial charge in [0.05, 0.1) is 12.0 Å². The Hall–Kier alpha value is -1.35. The Morgan fingerprint density at radius 2 is 2.11 bits per heavy atom. The molecule has 0 radical (unpaired) electrons. The van der Waals surface area contributed by atoms with Crippen LogP contribution >= 0.6 is 0 Å². The van der Waals surface area contributed by atoms with Crippen molar-refractivity contribution in [1.82, 2.24) is 0 Å². The van der Waals surface area contributed by atoms with Gasteiger partial charge in [-0.3, -0.25) is 0 Å². The van der Waals surface area contributed by atoms with Crippen molar-refractivity contribution in [2.45, 2.75) is 45.3 Å². The maximum absolute atomic E-state index is 11.6. The van der Waals surface area contributed by atoms with Crippen LogP contribution in [0.5, 0.6) is 0 Å². The summed E-state index contributed by atoms with van der Waals surface area (Å²) in [5.41, 5.74) is 2.73. The second kappa shape index (κ2) is 5.11. The summed E-state index contributed by atoms with van der Waals surface area (Å²) in [7, 11) is 0. The normalized spacial score (nSPS) is 39.2. The van der Waals surface area contributed by atoms with E-state index in [1.165, 1.54) is 5.57 Å². The molecule has 0 saturated carbocycles. The van der Waals surface area contributed by atoms with Gasteiger partial charge < -0.3 is 9.84 Å². The quantitative estimate of drug-likeness (QED) is 0.407. The van der Waals surface area contributed by atoms with Crippen LogP contribution in [-0.4, -0.2) is 23.3 Å². The molecule has 0 bridgehead atoms. The lowest BCUT2D eigenvalue weighted by atomic mass is 9.86. The van der Waals surface area contributed by atoms with Gasteiger partial charge in [0.1, 0.15) is 6.10 Å². The van der Waals surface area contributed by atoms with Crippen molar-refractivity contribution in [3.8, 4) is 0 Å². The molecular weight excluding hydrogens is 228 g/mol. The molecule has 2 rings (SSSR count). The third-order valence-electron chi connectivity index (χ3n) is 3.69. The molecule has 98 valence electrons. The maximum Gasteiger partial charge on any atom is 0.334 e. The van der Waals surface area contributed by atoms with Gasteiger partial charge in [-0.2, -0.15) is 0 Å². The van der Waals surface area contributed by atoms with E-state index in [1.54, 1.807) is 0 Å². The van der Waals surface area contributed by atoms with Crippen LogP contribution in [0.15, 0.2) is 35.5 Å². The minimum absolute atomic E-state index is 0.311. The molecule has 1 N–H and O–H groups in total. The van der Waals surface area contributed by atoms with Gasteiger partial charge in [-0.25, -0.2) is 4.79 Å². The molecule has 3 nitrogen and oxygen atoms in total. The zero-order chi connectivity index (χ0) is 13.3. The number of fused-ring (bicyclic) bond motifs is 1. The highest BCUT2D eigenvalue weighted by atomic mass is 16.6. The number of allylic oxidation sites excluding steroid dienone is 2. The molecule has 2 aliphatic rings. The van der Waals surface area contributed by atoms with Gasteiger partial charge >= 0.3 is 5.97 Å². The number of carbonyl (C=O) groups excluding carboxylic acids is 1. The number of esters is 1. The fourth-order valence-corrected chi connectivity index (χ4v) is 2.65. The van der Waals surface area contributed by atoms with Crippen molar-refractivity contribution in [2.75, 3.05) is 0 Å². The molecule has 3 atom stereocenters. The largest absolute Gasteiger partial charge is 0.454 e. The van der Waals surface area contributed by atoms with E-state index in [0.29, 0.717) is 12.0 Å². The van der Waals surface area contributed by atoms with Crippen LogP contribution in [0, 0.1) is 5.92 Å². The van der Waals surface area contributed by atoms with Crippen molar-refractivity contribution in [1.29, 1.82) is 0 Å². The van der Waals surface area contributed by atoms with Crippen LogP contribution < -0.4 is 0 Å². The molecule has 1 aliphatic heterocycles. The van der Waals surface area contributed by atoms with Gasteiger partial charge in [0.15, 0.2) is 0 Å². The third kappa shape index (κ3) is 2.56. The number of carbonyl (C=O) groups is 1. The summed E-state index contributed by atoms with van der Waals surface area (Å²) in [6.45, 7) is 7.81. The Kier molecular flexibility index (Phi) is 3.71. The summed E-state index contributed by atoms with van der Waals surface area (Å²) >= 11 is 0. The van der Waals surface area contributed by atoms with Gasteiger partial charge in [0.25, 0.3) is 0 Å². The first-order chi connectivity index (χ1) is 8.49. The van der Waals surface area contributed by atoms with Gasteiger partial charge in [-0.05, 0) is 39.2 Å². The maximum atomic E-state index is 11.6. The zero-order valence-corrected chi connectivity index (χ0v) is 11.0. The van der Waals surface area contributed by atoms with Crippen LogP contribution in [0.2, 0.25) is 0 Å². The summed E-state index contributed by atoms with van der Waals surface area (Å²) in [6.07, 6.45) is 5.65. The molecule has 1 fully saturated rings. The predicted octanol–water partition coefficient (Wildman–Crippen LogP) is 2.52. The van der Waals surface area contributed by atoms with Gasteiger partial charge in [0.2, 0.25) is 0 Å². The molecule has 0 aromatic carbocycles. The van der Waals surface area contributed by atoms with Gasteiger partial charge in [-0.1, -0.05) is 23.8 Å². The van der Waals surface area contributed by atoms with Crippen LogP contribution in [-0.2, 0) is 9.53 Å². The first-order valence-electron chi connectivity index (χ1n) is 6.40. The predicted molar refractivity (Wildman–Crippen MR) is 69.9 cm³/mol. The molecule has 0 aromatic heterocycles. The Bertz CT molecular complexity index is 431. The topological polar surface area (TPSA) is 46.5 Å². The second-order valence-corrected chi connectivity index (χ2v) is 5.29. The van der Waals surface area contributed by atoms with E-state index in [4.69, 9.17) is 4.74 Å². The molecule has 1 saturated heterocycles. The Labute approximate surface area is 108 Å². The minimum atomic E-state index is -0.604. The average molecular weight is 248 g/mol. The molecule has 0 spiro atoms. The zero-order valence-electron chi connectivity index (χ0n) is 11.0. The highest BCUT2D eigenvalue weighted by Crippen LogP contribution is 2.34. The summed E-state index contributed by atoms with van der Waals surface area (Å²) in [6, 6.07) is 0. The van der Waals surface area contributed by atoms with Gasteiger partial charge in [-0.15, -0.1) is 0 Å². The number of hydrogen-bond donors (Lipinski definition) is 1. The van der Waals surface area contributed by atoms with E-state index >= 15 is 0 Å². The molecule has 3 heteroatoms. The van der Waals surface area contributed by atoms with E-state index < -0.39 is 6.10 Å². The molecular formula is C15H20O3. The molecule has 0 aromatic rings. The Morgan fingerprint density at radius 1 is 1.39 bits per heavy atom. The minimum Gasteiger partial charge on any atom is -0.454 e. The van der Waals surface area contributed by atoms with Crippen molar-refractivity contribution in [3.63, 3.8) is 0 Å². The Morgan fingerprint density at radius 3 is 2.83 bits per heavy atom. The number of aliphatic hydroxyl groups is 1. The van der Waals surface area contributed by atoms with Crippen LogP contribution in [0.3, 0.4) is 0 Å². The summed E-state index contributed by atoms with van der Waals surface area (Å²) in [5, 5.41) is 10.3. The first-order valence-corrected chi connectivity index (χ1v) is 6.40. The number of ether oxygens (including phenoxy) is 1. The Balaban J connectivity index is 2.33. The van der Waals surface area contributed by atoms with E-state index in [1.807, 2.05) is 19.9 Å². The highest BCUT2D eigenvalue weighted by Gasteiger charge is 2.41. The SMILES string of the molecule is C=C1C(=O)O[C@@H]2/C=C(\C)CC/C=C(\C)C[C@H](O)[C@H]12. The van der Waals surface area contributed by atoms with Crippen molar-refractivity contribution < 1.29 is 14.6 Å². The lowest BCUT2D eigenvalue weighted by Crippen LogP contribution is -2.28. The molecule has 1 aliphatic carbocycles. The highest BCUT2D eigenvalue weighted by molar-refractivity contribution is 5.91. The number of aliphatic hydroxyl groups excluding tert-OH is 1. The lowest BCUT2D eigenvalue weighted by Gasteiger charge is -2.23. The fraction of sp³-hybridized carbons (Fsp3) is 0.533. The van der Waals surface area contributed by atoms with E-state index in [9.17, 15) is 9.90 Å². The second-order valence-electron chi connectivity index (χ2n) is 5.29. The smallest absolute Gasteiger partial charge is 0.334 e. The van der Waals surface area contributed by atoms with Crippen LogP contribution in [0.4, 0.5) is 0 Å². The summed E-state index contributed by atoms with van der Waals surface area (Å²) in [4.78, 5) is 11.6. The van der Waals surface area contributed by atoms with E-state index in [2.05, 4.69) is 12.7 Å². The molecule has 0 amide bonds. The summed E-state index contributed by atoms with van der Waals surface area (Å²) in [5.74, 6) is -0.692. The van der Waals surface area contributed by atoms with Gasteiger partial charge in [0, 0.05) is 5.57 Å². The van der Waals surface area contributed by atoms with E-state index in [0.717, 1.165) is 18.4 Å². The average Bonchev–Trinajstić information content (AvgIpc) is 2.53. The van der Waals surface area contributed by atoms with Crippen LogP contribution in [0.25, 0.3) is 0 Å². The van der Waals surface area contributed by atoms with Crippen LogP contribution in [0.1, 0.15) is 33.1 Å². The molecule has 0 unspecified atom stereocenters. The molecule has 1 heterocycles. The standard InChI is InChI=1S/C15H20O3/c1-9-5-4-6-10(2)8-13-14(12(16)7-9)11(3)15(17)18-13/h5,8,12-14,16H,3-4,6-7H2,1-2H3/b9-5+,10-8+/t12-,13+,14-/m0/s1. The van der Waals surface area contributed by atoms with E-state index in [-0.39, 0.29) is 18.0 Å². The monoisotopic (exact) mass is 248 g/mol. The van der Waals surface area contributed by atoms with Crippen molar-refractivity contribution in [3.05, 3.63) is 35.5 Å². The molecule has 18 heavy (non-hydrogen) atoms. The summed E-state index contributed by atoms with van der Waals surface area (Å²) < 4.78 is 5.29.